The van der Waals surface area contributed by atoms with Gasteiger partial charge in [-0.15, -0.1) is 0 Å². The van der Waals surface area contributed by atoms with Crippen molar-refractivity contribution in [2.24, 2.45) is 10.9 Å². The molecule has 0 unspecified atom stereocenters. The molecule has 1 aromatic heterocycles. The molecule has 0 saturated carbocycles. The van der Waals surface area contributed by atoms with E-state index in [1.165, 1.54) is 0 Å². The highest BCUT2D eigenvalue weighted by atomic mass is 16.5. The molecule has 1 saturated heterocycles. The molecule has 2 rings (SSSR count). The van der Waals surface area contributed by atoms with Crippen LogP contribution in [0.15, 0.2) is 23.5 Å². The van der Waals surface area contributed by atoms with Gasteiger partial charge < -0.3 is 20.3 Å². The van der Waals surface area contributed by atoms with Crippen molar-refractivity contribution in [1.82, 2.24) is 25.5 Å². The topological polar surface area (TPSA) is 77.9 Å². The Morgan fingerprint density at radius 2 is 1.82 bits per heavy atom. The van der Waals surface area contributed by atoms with Crippen LogP contribution in [-0.2, 0) is 4.74 Å². The Bertz CT molecular complexity index is 545. The molecule has 2 N–H and O–H groups in total. The Balaban J connectivity index is 1.50. The molecule has 8 heteroatoms. The Kier molecular flexibility index (Phi) is 10.6. The summed E-state index contributed by atoms with van der Waals surface area (Å²) in [5.74, 6) is 2.38. The molecule has 0 radical (unpaired) electrons. The highest BCUT2D eigenvalue weighted by Gasteiger charge is 2.18. The van der Waals surface area contributed by atoms with Gasteiger partial charge in [0.05, 0.1) is 6.61 Å². The molecule has 2 heterocycles. The molecular weight excluding hydrogens is 354 g/mol. The molecule has 1 aliphatic heterocycles. The lowest BCUT2D eigenvalue weighted by Gasteiger charge is -2.34. The quantitative estimate of drug-likeness (QED) is 0.334. The third-order valence-corrected chi connectivity index (χ3v) is 4.75. The maximum atomic E-state index is 5.62. The second kappa shape index (κ2) is 13.3. The highest BCUT2D eigenvalue weighted by Crippen LogP contribution is 2.09. The van der Waals surface area contributed by atoms with Crippen molar-refractivity contribution in [1.29, 1.82) is 0 Å². The number of piperazine rings is 1. The van der Waals surface area contributed by atoms with Crippen molar-refractivity contribution in [3.63, 3.8) is 0 Å². The number of guanidine groups is 1. The maximum absolute atomic E-state index is 5.62. The van der Waals surface area contributed by atoms with Crippen molar-refractivity contribution < 1.29 is 4.74 Å². The molecular formula is C20H37N7O. The molecule has 0 aliphatic carbocycles. The van der Waals surface area contributed by atoms with E-state index >= 15 is 0 Å². The van der Waals surface area contributed by atoms with Gasteiger partial charge in [0, 0.05) is 65.3 Å². The number of anilines is 1. The second-order valence-corrected chi connectivity index (χ2v) is 7.45. The number of aromatic nitrogens is 2. The van der Waals surface area contributed by atoms with Crippen LogP contribution in [-0.4, -0.2) is 86.9 Å². The van der Waals surface area contributed by atoms with Gasteiger partial charge in [-0.05, 0) is 31.4 Å². The number of ether oxygens (including phenoxy) is 1. The minimum absolute atomic E-state index is 0.692. The van der Waals surface area contributed by atoms with Crippen molar-refractivity contribution in [2.45, 2.75) is 26.7 Å². The van der Waals surface area contributed by atoms with Crippen LogP contribution in [0, 0.1) is 5.92 Å². The van der Waals surface area contributed by atoms with Gasteiger partial charge in [0.2, 0.25) is 5.95 Å². The Labute approximate surface area is 169 Å². The molecule has 0 amide bonds. The third kappa shape index (κ3) is 8.84. The average Bonchev–Trinajstić information content (AvgIpc) is 2.73. The summed E-state index contributed by atoms with van der Waals surface area (Å²) in [7, 11) is 1.81. The summed E-state index contributed by atoms with van der Waals surface area (Å²) in [6.45, 7) is 12.8. The van der Waals surface area contributed by atoms with E-state index in [0.717, 1.165) is 77.2 Å². The van der Waals surface area contributed by atoms with Gasteiger partial charge in [-0.3, -0.25) is 9.89 Å². The number of nitrogens with one attached hydrogen (secondary N) is 2. The van der Waals surface area contributed by atoms with E-state index in [9.17, 15) is 0 Å². The van der Waals surface area contributed by atoms with Gasteiger partial charge in [-0.25, -0.2) is 9.97 Å². The van der Waals surface area contributed by atoms with E-state index in [2.05, 4.69) is 49.2 Å². The van der Waals surface area contributed by atoms with Gasteiger partial charge in [-0.1, -0.05) is 13.8 Å². The van der Waals surface area contributed by atoms with E-state index in [-0.39, 0.29) is 0 Å². The first-order valence-corrected chi connectivity index (χ1v) is 10.5. The number of nitrogens with zero attached hydrogens (tertiary/aromatic N) is 5. The van der Waals surface area contributed by atoms with Gasteiger partial charge in [0.25, 0.3) is 0 Å². The maximum Gasteiger partial charge on any atom is 0.225 e. The van der Waals surface area contributed by atoms with E-state index in [0.29, 0.717) is 12.5 Å². The molecule has 28 heavy (non-hydrogen) atoms. The molecule has 158 valence electrons. The minimum Gasteiger partial charge on any atom is -0.380 e. The fraction of sp³-hybridized carbons (Fsp3) is 0.750. The minimum atomic E-state index is 0.692. The first-order chi connectivity index (χ1) is 13.7. The van der Waals surface area contributed by atoms with Crippen molar-refractivity contribution >= 4 is 11.9 Å². The smallest absolute Gasteiger partial charge is 0.225 e. The monoisotopic (exact) mass is 391 g/mol. The largest absolute Gasteiger partial charge is 0.380 e. The first kappa shape index (κ1) is 22.4. The Hall–Kier alpha value is -1.93. The Morgan fingerprint density at radius 3 is 2.50 bits per heavy atom. The molecule has 0 aromatic carbocycles. The van der Waals surface area contributed by atoms with Crippen LogP contribution in [0.3, 0.4) is 0 Å². The van der Waals surface area contributed by atoms with Crippen LogP contribution in [0.4, 0.5) is 5.95 Å². The van der Waals surface area contributed by atoms with Crippen LogP contribution in [0.2, 0.25) is 0 Å². The summed E-state index contributed by atoms with van der Waals surface area (Å²) >= 11 is 0. The second-order valence-electron chi connectivity index (χ2n) is 7.45. The first-order valence-electron chi connectivity index (χ1n) is 10.5. The van der Waals surface area contributed by atoms with Crippen LogP contribution in [0.5, 0.6) is 0 Å². The fourth-order valence-electron chi connectivity index (χ4n) is 3.02. The predicted octanol–water partition coefficient (Wildman–Crippen LogP) is 1.22. The molecule has 1 aliphatic rings. The van der Waals surface area contributed by atoms with Crippen molar-refractivity contribution in [3.8, 4) is 0 Å². The number of hydrogen-bond acceptors (Lipinski definition) is 6. The van der Waals surface area contributed by atoms with Gasteiger partial charge in [0.15, 0.2) is 5.96 Å². The zero-order chi connectivity index (χ0) is 20.0. The average molecular weight is 392 g/mol. The van der Waals surface area contributed by atoms with Crippen LogP contribution >= 0.6 is 0 Å². The highest BCUT2D eigenvalue weighted by molar-refractivity contribution is 5.79. The summed E-state index contributed by atoms with van der Waals surface area (Å²) in [5, 5.41) is 6.68. The lowest BCUT2D eigenvalue weighted by Crippen LogP contribution is -2.47. The van der Waals surface area contributed by atoms with E-state index in [4.69, 9.17) is 4.74 Å². The van der Waals surface area contributed by atoms with Crippen LogP contribution in [0.25, 0.3) is 0 Å². The van der Waals surface area contributed by atoms with Crippen molar-refractivity contribution in [3.05, 3.63) is 18.5 Å². The van der Waals surface area contributed by atoms with Crippen LogP contribution in [0.1, 0.15) is 26.7 Å². The Morgan fingerprint density at radius 1 is 1.11 bits per heavy atom. The zero-order valence-electron chi connectivity index (χ0n) is 17.7. The van der Waals surface area contributed by atoms with Crippen LogP contribution < -0.4 is 15.5 Å². The summed E-state index contributed by atoms with van der Waals surface area (Å²) in [4.78, 5) is 17.7. The van der Waals surface area contributed by atoms with E-state index in [1.807, 2.05) is 6.07 Å². The van der Waals surface area contributed by atoms with Crippen molar-refractivity contribution in [2.75, 3.05) is 71.0 Å². The van der Waals surface area contributed by atoms with E-state index < -0.39 is 0 Å². The SMILES string of the molecule is CN=C(NCCCN1CCN(c2ncccn2)CC1)NCCOCCC(C)C. The molecule has 1 fully saturated rings. The molecule has 0 atom stereocenters. The van der Waals surface area contributed by atoms with Gasteiger partial charge in [0.1, 0.15) is 0 Å². The lowest BCUT2D eigenvalue weighted by atomic mass is 10.1. The van der Waals surface area contributed by atoms with Gasteiger partial charge >= 0.3 is 0 Å². The normalized spacial score (nSPS) is 15.9. The predicted molar refractivity (Wildman–Crippen MR) is 115 cm³/mol. The number of rotatable bonds is 11. The van der Waals surface area contributed by atoms with E-state index in [1.54, 1.807) is 19.4 Å². The molecule has 0 bridgehead atoms. The standard InChI is InChI=1S/C20H37N7O/c1-18(2)6-16-28-17-10-23-19(21-3)22-9-5-11-26-12-14-27(15-13-26)20-24-7-4-8-25-20/h4,7-8,18H,5-6,9-17H2,1-3H3,(H2,21,22,23). The fourth-order valence-corrected chi connectivity index (χ4v) is 3.02. The lowest BCUT2D eigenvalue weighted by molar-refractivity contribution is 0.128. The molecule has 1 aromatic rings. The summed E-state index contributed by atoms with van der Waals surface area (Å²) < 4.78 is 5.62. The summed E-state index contributed by atoms with van der Waals surface area (Å²) in [5.41, 5.74) is 0. The summed E-state index contributed by atoms with van der Waals surface area (Å²) in [6, 6.07) is 1.86. The molecule has 0 spiro atoms. The number of aliphatic imine (C=N–C) groups is 1. The molecule has 8 nitrogen and oxygen atoms in total. The third-order valence-electron chi connectivity index (χ3n) is 4.75. The van der Waals surface area contributed by atoms with Gasteiger partial charge in [-0.2, -0.15) is 0 Å². The number of hydrogen-bond donors (Lipinski definition) is 2. The zero-order valence-corrected chi connectivity index (χ0v) is 17.7. The summed E-state index contributed by atoms with van der Waals surface area (Å²) in [6.07, 6.45) is 5.81.